The van der Waals surface area contributed by atoms with Crippen LogP contribution < -0.4 is 5.32 Å². The molecule has 92 valence electrons. The Kier molecular flexibility index (Phi) is 3.52. The molecular formula is C13H14F3N. The van der Waals surface area contributed by atoms with Gasteiger partial charge in [0.1, 0.15) is 0 Å². The van der Waals surface area contributed by atoms with E-state index in [2.05, 4.69) is 5.32 Å². The molecule has 0 aliphatic carbocycles. The Hall–Kier alpha value is -1.29. The maximum Gasteiger partial charge on any atom is 0.416 e. The van der Waals surface area contributed by atoms with Gasteiger partial charge in [0.15, 0.2) is 0 Å². The third-order valence-electron chi connectivity index (χ3n) is 2.79. The molecule has 1 aromatic rings. The van der Waals surface area contributed by atoms with Crippen LogP contribution in [0, 0.1) is 0 Å². The highest BCUT2D eigenvalue weighted by atomic mass is 19.4. The van der Waals surface area contributed by atoms with Crippen molar-refractivity contribution in [2.75, 3.05) is 13.1 Å². The number of nitrogens with one attached hydrogen (secondary N) is 1. The van der Waals surface area contributed by atoms with Gasteiger partial charge in [-0.1, -0.05) is 23.8 Å². The van der Waals surface area contributed by atoms with Crippen LogP contribution in [0.1, 0.15) is 24.0 Å². The first-order valence-electron chi connectivity index (χ1n) is 5.63. The summed E-state index contributed by atoms with van der Waals surface area (Å²) >= 11 is 0. The lowest BCUT2D eigenvalue weighted by Crippen LogP contribution is -2.23. The van der Waals surface area contributed by atoms with Gasteiger partial charge in [-0.15, -0.1) is 0 Å². The van der Waals surface area contributed by atoms with E-state index in [4.69, 9.17) is 0 Å². The van der Waals surface area contributed by atoms with Crippen molar-refractivity contribution in [1.82, 2.24) is 5.32 Å². The summed E-state index contributed by atoms with van der Waals surface area (Å²) in [5.74, 6) is 0. The van der Waals surface area contributed by atoms with E-state index >= 15 is 0 Å². The topological polar surface area (TPSA) is 12.0 Å². The fraction of sp³-hybridized carbons (Fsp3) is 0.385. The van der Waals surface area contributed by atoms with Crippen LogP contribution >= 0.6 is 0 Å². The first-order valence-corrected chi connectivity index (χ1v) is 5.63. The highest BCUT2D eigenvalue weighted by Crippen LogP contribution is 2.30. The molecule has 0 aromatic heterocycles. The number of halogens is 3. The molecule has 0 amide bonds. The van der Waals surface area contributed by atoms with Gasteiger partial charge >= 0.3 is 6.18 Å². The average Bonchev–Trinajstić information content (AvgIpc) is 2.29. The highest BCUT2D eigenvalue weighted by Gasteiger charge is 2.30. The van der Waals surface area contributed by atoms with Gasteiger partial charge in [-0.05, 0) is 37.1 Å². The standard InChI is InChI=1S/C13H14F3N/c14-13(15,16)12-5-1-3-10(8-12)7-11-4-2-6-17-9-11/h1,3,5,7-8,17H,2,4,6,9H2. The number of hydrogen-bond acceptors (Lipinski definition) is 1. The molecule has 1 aliphatic rings. The molecule has 0 bridgehead atoms. The minimum Gasteiger partial charge on any atom is -0.313 e. The molecular weight excluding hydrogens is 227 g/mol. The predicted octanol–water partition coefficient (Wildman–Crippen LogP) is 3.47. The van der Waals surface area contributed by atoms with Crippen molar-refractivity contribution in [3.63, 3.8) is 0 Å². The van der Waals surface area contributed by atoms with Crippen molar-refractivity contribution >= 4 is 6.08 Å². The number of benzene rings is 1. The zero-order valence-corrected chi connectivity index (χ0v) is 9.35. The van der Waals surface area contributed by atoms with Crippen LogP contribution in [0.5, 0.6) is 0 Å². The van der Waals surface area contributed by atoms with Crippen LogP contribution in [-0.4, -0.2) is 13.1 Å². The number of alkyl halides is 3. The minimum absolute atomic E-state index is 0.587. The molecule has 2 rings (SSSR count). The van der Waals surface area contributed by atoms with Crippen molar-refractivity contribution in [2.24, 2.45) is 0 Å². The van der Waals surface area contributed by atoms with Gasteiger partial charge in [-0.3, -0.25) is 0 Å². The van der Waals surface area contributed by atoms with Crippen molar-refractivity contribution in [3.05, 3.63) is 41.0 Å². The normalized spacial score (nSPS) is 19.6. The monoisotopic (exact) mass is 241 g/mol. The highest BCUT2D eigenvalue weighted by molar-refractivity contribution is 5.54. The molecule has 1 N–H and O–H groups in total. The van der Waals surface area contributed by atoms with E-state index in [1.54, 1.807) is 6.07 Å². The Morgan fingerprint density at radius 1 is 1.24 bits per heavy atom. The second kappa shape index (κ2) is 4.92. The quantitative estimate of drug-likeness (QED) is 0.793. The van der Waals surface area contributed by atoms with Crippen molar-refractivity contribution in [2.45, 2.75) is 19.0 Å². The maximum atomic E-state index is 12.5. The summed E-state index contributed by atoms with van der Waals surface area (Å²) in [7, 11) is 0. The molecule has 0 unspecified atom stereocenters. The van der Waals surface area contributed by atoms with E-state index in [0.717, 1.165) is 37.6 Å². The van der Waals surface area contributed by atoms with E-state index in [0.29, 0.717) is 5.56 Å². The number of rotatable bonds is 1. The van der Waals surface area contributed by atoms with Gasteiger partial charge in [0.25, 0.3) is 0 Å². The first kappa shape index (κ1) is 12.2. The van der Waals surface area contributed by atoms with Gasteiger partial charge in [0.2, 0.25) is 0 Å². The van der Waals surface area contributed by atoms with E-state index < -0.39 is 11.7 Å². The van der Waals surface area contributed by atoms with Gasteiger partial charge < -0.3 is 5.32 Å². The predicted molar refractivity (Wildman–Crippen MR) is 61.5 cm³/mol. The SMILES string of the molecule is FC(F)(F)c1cccc(C=C2CCCNC2)c1. The Bertz CT molecular complexity index is 413. The maximum absolute atomic E-state index is 12.5. The lowest BCUT2D eigenvalue weighted by atomic mass is 10.0. The molecule has 4 heteroatoms. The van der Waals surface area contributed by atoms with Gasteiger partial charge in [0, 0.05) is 6.54 Å². The van der Waals surface area contributed by atoms with E-state index in [-0.39, 0.29) is 0 Å². The summed E-state index contributed by atoms with van der Waals surface area (Å²) in [5.41, 5.74) is 1.20. The van der Waals surface area contributed by atoms with Crippen LogP contribution in [0.3, 0.4) is 0 Å². The lowest BCUT2D eigenvalue weighted by Gasteiger charge is -2.15. The summed E-state index contributed by atoms with van der Waals surface area (Å²) in [5, 5.41) is 3.21. The number of hydrogen-bond donors (Lipinski definition) is 1. The van der Waals surface area contributed by atoms with Gasteiger partial charge in [0.05, 0.1) is 5.56 Å². The molecule has 0 saturated carbocycles. The Labute approximate surface area is 98.3 Å². The Morgan fingerprint density at radius 3 is 2.71 bits per heavy atom. The Morgan fingerprint density at radius 2 is 2.06 bits per heavy atom. The van der Waals surface area contributed by atoms with Gasteiger partial charge in [-0.2, -0.15) is 13.2 Å². The summed E-state index contributed by atoms with van der Waals surface area (Å²) in [6.45, 7) is 1.76. The van der Waals surface area contributed by atoms with Crippen molar-refractivity contribution in [3.8, 4) is 0 Å². The van der Waals surface area contributed by atoms with E-state index in [1.807, 2.05) is 6.08 Å². The number of piperidine rings is 1. The fourth-order valence-corrected chi connectivity index (χ4v) is 1.94. The molecule has 0 spiro atoms. The van der Waals surface area contributed by atoms with E-state index in [1.165, 1.54) is 12.1 Å². The molecule has 0 radical (unpaired) electrons. The zero-order chi connectivity index (χ0) is 12.3. The molecule has 0 atom stereocenters. The Balaban J connectivity index is 2.21. The summed E-state index contributed by atoms with van der Waals surface area (Å²) in [6.07, 6.45) is -0.408. The zero-order valence-electron chi connectivity index (χ0n) is 9.35. The summed E-state index contributed by atoms with van der Waals surface area (Å²) in [6, 6.07) is 5.45. The second-order valence-corrected chi connectivity index (χ2v) is 4.21. The average molecular weight is 241 g/mol. The van der Waals surface area contributed by atoms with Crippen molar-refractivity contribution < 1.29 is 13.2 Å². The molecule has 1 aliphatic heterocycles. The molecule has 1 heterocycles. The van der Waals surface area contributed by atoms with Gasteiger partial charge in [-0.25, -0.2) is 0 Å². The largest absolute Gasteiger partial charge is 0.416 e. The fourth-order valence-electron chi connectivity index (χ4n) is 1.94. The second-order valence-electron chi connectivity index (χ2n) is 4.21. The third-order valence-corrected chi connectivity index (χ3v) is 2.79. The van der Waals surface area contributed by atoms with E-state index in [9.17, 15) is 13.2 Å². The summed E-state index contributed by atoms with van der Waals surface area (Å²) < 4.78 is 37.5. The van der Waals surface area contributed by atoms with Crippen LogP contribution in [0.25, 0.3) is 6.08 Å². The lowest BCUT2D eigenvalue weighted by molar-refractivity contribution is -0.137. The van der Waals surface area contributed by atoms with Crippen LogP contribution in [0.15, 0.2) is 29.8 Å². The smallest absolute Gasteiger partial charge is 0.313 e. The molecule has 1 aromatic carbocycles. The molecule has 1 fully saturated rings. The van der Waals surface area contributed by atoms with Crippen LogP contribution in [0.4, 0.5) is 13.2 Å². The first-order chi connectivity index (χ1) is 8.05. The molecule has 1 nitrogen and oxygen atoms in total. The van der Waals surface area contributed by atoms with Crippen LogP contribution in [-0.2, 0) is 6.18 Å². The molecule has 17 heavy (non-hydrogen) atoms. The third kappa shape index (κ3) is 3.33. The summed E-state index contributed by atoms with van der Waals surface area (Å²) in [4.78, 5) is 0. The minimum atomic E-state index is -4.26. The molecule has 1 saturated heterocycles. The van der Waals surface area contributed by atoms with Crippen LogP contribution in [0.2, 0.25) is 0 Å². The van der Waals surface area contributed by atoms with Crippen molar-refractivity contribution in [1.29, 1.82) is 0 Å².